The van der Waals surface area contributed by atoms with Crippen LogP contribution < -0.4 is 8.92 Å². The summed E-state index contributed by atoms with van der Waals surface area (Å²) in [5.74, 6) is -0.454. The molecule has 0 aromatic heterocycles. The van der Waals surface area contributed by atoms with Crippen LogP contribution in [0.1, 0.15) is 12.5 Å². The van der Waals surface area contributed by atoms with Gasteiger partial charge < -0.3 is 8.92 Å². The van der Waals surface area contributed by atoms with E-state index in [9.17, 15) is 13.2 Å². The second kappa shape index (κ2) is 8.36. The predicted molar refractivity (Wildman–Crippen MR) is 118 cm³/mol. The van der Waals surface area contributed by atoms with Gasteiger partial charge in [-0.15, -0.1) is 0 Å². The Bertz CT molecular complexity index is 1250. The number of fused-ring (bicyclic) bond motifs is 1. The Morgan fingerprint density at radius 2 is 1.94 bits per heavy atom. The van der Waals surface area contributed by atoms with E-state index in [1.807, 2.05) is 0 Å². The largest absolute Gasteiger partial charge is 0.490 e. The number of aliphatic imine (C=N–C) groups is 1. The molecule has 11 heteroatoms. The minimum atomic E-state index is -4.05. The summed E-state index contributed by atoms with van der Waals surface area (Å²) in [6, 6.07) is 12.3. The van der Waals surface area contributed by atoms with Crippen molar-refractivity contribution in [3.63, 3.8) is 0 Å². The minimum absolute atomic E-state index is 0.0127. The van der Waals surface area contributed by atoms with Gasteiger partial charge in [-0.2, -0.15) is 23.5 Å². The number of rotatable bonds is 6. The first kappa shape index (κ1) is 20.8. The molecule has 2 aliphatic heterocycles. The lowest BCUT2D eigenvalue weighted by molar-refractivity contribution is -0.114. The van der Waals surface area contributed by atoms with Gasteiger partial charge in [-0.05, 0) is 54.6 Å². The van der Waals surface area contributed by atoms with Crippen molar-refractivity contribution in [3.8, 4) is 11.5 Å². The molecule has 0 atom stereocenters. The molecular weight excluding hydrogens is 440 g/mol. The molecule has 0 aliphatic carbocycles. The Kier molecular flexibility index (Phi) is 5.61. The van der Waals surface area contributed by atoms with Gasteiger partial charge in [0.25, 0.3) is 5.91 Å². The molecule has 0 saturated carbocycles. The number of ether oxygens (including phenoxy) is 1. The van der Waals surface area contributed by atoms with Crippen LogP contribution in [0, 0.1) is 5.41 Å². The van der Waals surface area contributed by atoms with E-state index < -0.39 is 16.0 Å². The van der Waals surface area contributed by atoms with E-state index in [0.29, 0.717) is 10.7 Å². The number of nitrogens with zero attached hydrogens (tertiary/aromatic N) is 3. The molecule has 0 fully saturated rings. The summed E-state index contributed by atoms with van der Waals surface area (Å²) < 4.78 is 35.9. The Balaban J connectivity index is 1.67. The molecule has 1 amide bonds. The van der Waals surface area contributed by atoms with Gasteiger partial charge in [0.2, 0.25) is 0 Å². The fourth-order valence-corrected chi connectivity index (χ4v) is 4.38. The van der Waals surface area contributed by atoms with Gasteiger partial charge in [-0.1, -0.05) is 24.3 Å². The van der Waals surface area contributed by atoms with Crippen molar-refractivity contribution in [2.45, 2.75) is 11.8 Å². The van der Waals surface area contributed by atoms with Gasteiger partial charge in [0.05, 0.1) is 17.7 Å². The van der Waals surface area contributed by atoms with E-state index in [4.69, 9.17) is 14.3 Å². The van der Waals surface area contributed by atoms with Gasteiger partial charge in [0.15, 0.2) is 22.5 Å². The number of thioether (sulfide) groups is 1. The molecule has 2 aliphatic rings. The summed E-state index contributed by atoms with van der Waals surface area (Å²) in [5.41, 5.74) is 2.06. The highest BCUT2D eigenvalue weighted by atomic mass is 32.2. The number of amides is 1. The van der Waals surface area contributed by atoms with Gasteiger partial charge in [0.1, 0.15) is 4.90 Å². The summed E-state index contributed by atoms with van der Waals surface area (Å²) in [6.45, 7) is 2.02. The molecule has 2 aromatic rings. The van der Waals surface area contributed by atoms with Crippen LogP contribution in [0.2, 0.25) is 0 Å². The zero-order valence-electron chi connectivity index (χ0n) is 16.2. The summed E-state index contributed by atoms with van der Waals surface area (Å²) in [7, 11) is -4.05. The summed E-state index contributed by atoms with van der Waals surface area (Å²) in [5, 5.41) is 13.8. The van der Waals surface area contributed by atoms with E-state index >= 15 is 0 Å². The zero-order valence-corrected chi connectivity index (χ0v) is 17.8. The summed E-state index contributed by atoms with van der Waals surface area (Å²) in [4.78, 5) is 16.3. The van der Waals surface area contributed by atoms with Gasteiger partial charge in [-0.3, -0.25) is 10.2 Å². The highest BCUT2D eigenvalue weighted by Crippen LogP contribution is 2.33. The smallest absolute Gasteiger partial charge is 0.339 e. The molecular formula is C20H16N4O5S2. The molecule has 158 valence electrons. The van der Waals surface area contributed by atoms with Crippen LogP contribution in [0.25, 0.3) is 6.08 Å². The van der Waals surface area contributed by atoms with Crippen molar-refractivity contribution in [2.24, 2.45) is 10.1 Å². The molecule has 0 spiro atoms. The van der Waals surface area contributed by atoms with Crippen molar-refractivity contribution in [1.29, 1.82) is 5.41 Å². The molecule has 2 aromatic carbocycles. The second-order valence-corrected chi connectivity index (χ2v) is 8.60. The lowest BCUT2D eigenvalue weighted by Gasteiger charge is -2.20. The third kappa shape index (κ3) is 4.23. The Hall–Kier alpha value is -3.44. The highest BCUT2D eigenvalue weighted by molar-refractivity contribution is 8.25. The average molecular weight is 457 g/mol. The van der Waals surface area contributed by atoms with Crippen molar-refractivity contribution in [1.82, 2.24) is 5.01 Å². The highest BCUT2D eigenvalue weighted by Gasteiger charge is 2.32. The van der Waals surface area contributed by atoms with Crippen LogP contribution in [-0.2, 0) is 14.9 Å². The number of hydrogen-bond acceptors (Lipinski definition) is 8. The molecule has 0 bridgehead atoms. The molecule has 0 unspecified atom stereocenters. The first-order chi connectivity index (χ1) is 14.9. The summed E-state index contributed by atoms with van der Waals surface area (Å²) in [6.07, 6.45) is 1.47. The quantitative estimate of drug-likeness (QED) is 0.523. The maximum Gasteiger partial charge on any atom is 0.339 e. The monoisotopic (exact) mass is 456 g/mol. The fraction of sp³-hybridized carbons (Fsp3) is 0.100. The molecule has 0 radical (unpaired) electrons. The van der Waals surface area contributed by atoms with Crippen molar-refractivity contribution in [2.75, 3.05) is 6.61 Å². The number of carbonyl (C=O) groups excluding carboxylic acids is 1. The van der Waals surface area contributed by atoms with Crippen molar-refractivity contribution >= 4 is 50.4 Å². The van der Waals surface area contributed by atoms with Gasteiger partial charge >= 0.3 is 10.1 Å². The van der Waals surface area contributed by atoms with Crippen LogP contribution >= 0.6 is 11.8 Å². The van der Waals surface area contributed by atoms with E-state index in [1.165, 1.54) is 40.9 Å². The van der Waals surface area contributed by atoms with Crippen LogP contribution in [0.15, 0.2) is 69.1 Å². The van der Waals surface area contributed by atoms with Crippen molar-refractivity contribution in [3.05, 3.63) is 59.7 Å². The summed E-state index contributed by atoms with van der Waals surface area (Å²) >= 11 is 1.16. The number of nitrogens with one attached hydrogen (secondary N) is 1. The van der Waals surface area contributed by atoms with Crippen LogP contribution in [-0.4, -0.2) is 42.5 Å². The normalized spacial score (nSPS) is 17.0. The van der Waals surface area contributed by atoms with Crippen molar-refractivity contribution < 1.29 is 22.1 Å². The van der Waals surface area contributed by atoms with E-state index in [2.05, 4.69) is 10.1 Å². The number of benzene rings is 2. The Morgan fingerprint density at radius 3 is 2.68 bits per heavy atom. The zero-order chi connectivity index (χ0) is 22.0. The molecule has 9 nitrogen and oxygen atoms in total. The number of amidine groups is 2. The minimum Gasteiger partial charge on any atom is -0.490 e. The van der Waals surface area contributed by atoms with Crippen LogP contribution in [0.5, 0.6) is 11.5 Å². The standard InChI is InChI=1S/C20H16N4O5S2/c1-2-28-17-11-13(10-15-18(21)24-20(23-19(15)25)30-12-22-24)8-9-16(17)29-31(26,27)14-6-4-3-5-7-14/h3-12,21H,2H2,1H3. The molecule has 1 N–H and O–H groups in total. The maximum absolute atomic E-state index is 12.6. The van der Waals surface area contributed by atoms with Crippen LogP contribution in [0.3, 0.4) is 0 Å². The Labute approximate surface area is 182 Å². The molecule has 0 saturated heterocycles. The number of hydrazone groups is 1. The lowest BCUT2D eigenvalue weighted by atomic mass is 10.1. The Morgan fingerprint density at radius 1 is 1.16 bits per heavy atom. The second-order valence-electron chi connectivity index (χ2n) is 6.25. The maximum atomic E-state index is 12.6. The number of hydrogen-bond donors (Lipinski definition) is 1. The topological polar surface area (TPSA) is 121 Å². The average Bonchev–Trinajstić information content (AvgIpc) is 3.22. The van der Waals surface area contributed by atoms with E-state index in [0.717, 1.165) is 11.8 Å². The third-order valence-electron chi connectivity index (χ3n) is 4.21. The van der Waals surface area contributed by atoms with E-state index in [1.54, 1.807) is 31.2 Å². The van der Waals surface area contributed by atoms with Gasteiger partial charge in [0, 0.05) is 0 Å². The fourth-order valence-electron chi connectivity index (χ4n) is 2.81. The predicted octanol–water partition coefficient (Wildman–Crippen LogP) is 3.10. The van der Waals surface area contributed by atoms with E-state index in [-0.39, 0.29) is 34.4 Å². The first-order valence-electron chi connectivity index (χ1n) is 9.08. The molecule has 31 heavy (non-hydrogen) atoms. The first-order valence-corrected chi connectivity index (χ1v) is 11.4. The van der Waals surface area contributed by atoms with Gasteiger partial charge in [-0.25, -0.2) is 0 Å². The SMILES string of the molecule is CCOc1cc(C=C2C(=N)N3N=CSC3=NC2=O)ccc1OS(=O)(=O)c1ccccc1. The molecule has 2 heterocycles. The lowest BCUT2D eigenvalue weighted by Crippen LogP contribution is -2.35. The third-order valence-corrected chi connectivity index (χ3v) is 6.13. The molecule has 4 rings (SSSR count). The number of carbonyl (C=O) groups is 1. The van der Waals surface area contributed by atoms with Crippen LogP contribution in [0.4, 0.5) is 0 Å².